The predicted molar refractivity (Wildman–Crippen MR) is 141 cm³/mol. The summed E-state index contributed by atoms with van der Waals surface area (Å²) in [6.07, 6.45) is 0.618. The molecule has 0 atom stereocenters. The van der Waals surface area contributed by atoms with Crippen molar-refractivity contribution in [3.05, 3.63) is 92.7 Å². The number of halogens is 1. The highest BCUT2D eigenvalue weighted by Gasteiger charge is 2.30. The van der Waals surface area contributed by atoms with Gasteiger partial charge >= 0.3 is 5.97 Å². The third kappa shape index (κ3) is 6.14. The second kappa shape index (κ2) is 11.3. The number of ketones is 1. The van der Waals surface area contributed by atoms with Crippen molar-refractivity contribution in [1.82, 2.24) is 4.57 Å². The van der Waals surface area contributed by atoms with Crippen LogP contribution in [0.3, 0.4) is 0 Å². The van der Waals surface area contributed by atoms with Gasteiger partial charge in [-0.2, -0.15) is 0 Å². The highest BCUT2D eigenvalue weighted by molar-refractivity contribution is 9.10. The summed E-state index contributed by atoms with van der Waals surface area (Å²) < 4.78 is 13.3. The Morgan fingerprint density at radius 1 is 0.971 bits per heavy atom. The van der Waals surface area contributed by atoms with E-state index in [1.807, 2.05) is 66.1 Å². The number of esters is 1. The van der Waals surface area contributed by atoms with Crippen molar-refractivity contribution in [2.45, 2.75) is 45.8 Å². The van der Waals surface area contributed by atoms with Crippen LogP contribution in [0.5, 0.6) is 0 Å². The van der Waals surface area contributed by atoms with Crippen molar-refractivity contribution in [3.8, 4) is 0 Å². The smallest absolute Gasteiger partial charge is 0.340 e. The Bertz CT molecular complexity index is 1170. The SMILES string of the molecule is COC(=O)c1c(C(=O)c2ccccc2Cc2ccccc2)c(Br)n(COCC[Si](C)(C)C)c1C. The fraction of sp³-hybridized carbons (Fsp3) is 0.333. The molecule has 5 nitrogen and oxygen atoms in total. The van der Waals surface area contributed by atoms with Crippen molar-refractivity contribution in [2.75, 3.05) is 13.7 Å². The average molecular weight is 543 g/mol. The van der Waals surface area contributed by atoms with E-state index in [0.717, 1.165) is 17.2 Å². The van der Waals surface area contributed by atoms with Crippen molar-refractivity contribution < 1.29 is 19.1 Å². The Kier molecular flexibility index (Phi) is 8.68. The molecule has 0 bridgehead atoms. The van der Waals surface area contributed by atoms with Crippen LogP contribution < -0.4 is 0 Å². The third-order valence-electron chi connectivity index (χ3n) is 5.79. The molecule has 0 saturated carbocycles. The molecule has 0 N–H and O–H groups in total. The molecule has 0 aliphatic heterocycles. The number of carbonyl (C=O) groups is 2. The van der Waals surface area contributed by atoms with Crippen molar-refractivity contribution in [3.63, 3.8) is 0 Å². The summed E-state index contributed by atoms with van der Waals surface area (Å²) in [4.78, 5) is 26.6. The van der Waals surface area contributed by atoms with Crippen molar-refractivity contribution >= 4 is 35.8 Å². The van der Waals surface area contributed by atoms with Crippen LogP contribution in [0.15, 0.2) is 59.2 Å². The monoisotopic (exact) mass is 541 g/mol. The number of rotatable bonds is 10. The number of carbonyl (C=O) groups excluding carboxylic acids is 2. The molecule has 1 heterocycles. The lowest BCUT2D eigenvalue weighted by atomic mass is 9.93. The summed E-state index contributed by atoms with van der Waals surface area (Å²) in [5, 5.41) is 0. The molecule has 0 radical (unpaired) electrons. The summed E-state index contributed by atoms with van der Waals surface area (Å²) in [5.74, 6) is -0.759. The summed E-state index contributed by atoms with van der Waals surface area (Å²) in [6, 6.07) is 18.6. The van der Waals surface area contributed by atoms with Crippen LogP contribution in [0, 0.1) is 6.92 Å². The van der Waals surface area contributed by atoms with Crippen molar-refractivity contribution in [2.24, 2.45) is 0 Å². The zero-order chi connectivity index (χ0) is 24.9. The van der Waals surface area contributed by atoms with Gasteiger partial charge in [-0.05, 0) is 46.4 Å². The largest absolute Gasteiger partial charge is 0.465 e. The topological polar surface area (TPSA) is 57.5 Å². The van der Waals surface area contributed by atoms with E-state index in [4.69, 9.17) is 9.47 Å². The van der Waals surface area contributed by atoms with Gasteiger partial charge in [-0.1, -0.05) is 74.2 Å². The maximum atomic E-state index is 13.9. The third-order valence-corrected chi connectivity index (χ3v) is 8.32. The number of nitrogens with zero attached hydrogens (tertiary/aromatic N) is 1. The number of hydrogen-bond acceptors (Lipinski definition) is 4. The molecule has 180 valence electrons. The first-order valence-electron chi connectivity index (χ1n) is 11.3. The zero-order valence-electron chi connectivity index (χ0n) is 20.5. The number of hydrogen-bond donors (Lipinski definition) is 0. The van der Waals surface area contributed by atoms with Crippen LogP contribution in [0.2, 0.25) is 25.7 Å². The Morgan fingerprint density at radius 3 is 2.26 bits per heavy atom. The normalized spacial score (nSPS) is 11.5. The molecule has 0 aliphatic carbocycles. The van der Waals surface area contributed by atoms with Gasteiger partial charge < -0.3 is 14.0 Å². The van der Waals surface area contributed by atoms with Gasteiger partial charge in [0.2, 0.25) is 0 Å². The minimum absolute atomic E-state index is 0.220. The molecule has 3 rings (SSSR count). The van der Waals surface area contributed by atoms with Crippen LogP contribution in [0.1, 0.15) is 43.1 Å². The molecule has 0 spiro atoms. The Balaban J connectivity index is 1.99. The van der Waals surface area contributed by atoms with Gasteiger partial charge in [-0.25, -0.2) is 4.79 Å². The molecular weight excluding hydrogens is 510 g/mol. The van der Waals surface area contributed by atoms with E-state index in [9.17, 15) is 9.59 Å². The van der Waals surface area contributed by atoms with Gasteiger partial charge in [0.25, 0.3) is 0 Å². The summed E-state index contributed by atoms with van der Waals surface area (Å²) in [6.45, 7) is 9.59. The number of benzene rings is 2. The van der Waals surface area contributed by atoms with Gasteiger partial charge in [0.1, 0.15) is 6.73 Å². The standard InChI is InChI=1S/C27H32BrNO4Si/c1-19-23(27(31)32-2)24(26(28)29(19)18-33-15-16-34(3,4)5)25(30)22-14-10-9-13-21(22)17-20-11-7-6-8-12-20/h6-14H,15-18H2,1-5H3. The quantitative estimate of drug-likeness (QED) is 0.127. The number of aromatic nitrogens is 1. The van der Waals surface area contributed by atoms with Crippen LogP contribution in [0.25, 0.3) is 0 Å². The first-order chi connectivity index (χ1) is 16.1. The van der Waals surface area contributed by atoms with Gasteiger partial charge in [-0.3, -0.25) is 4.79 Å². The molecule has 1 aromatic heterocycles. The van der Waals surface area contributed by atoms with Crippen LogP contribution in [-0.2, 0) is 22.6 Å². The lowest BCUT2D eigenvalue weighted by molar-refractivity contribution is 0.0594. The van der Waals surface area contributed by atoms with Gasteiger partial charge in [-0.15, -0.1) is 0 Å². The van der Waals surface area contributed by atoms with Crippen LogP contribution in [-0.4, -0.2) is 38.1 Å². The first kappa shape index (κ1) is 26.1. The molecule has 0 unspecified atom stereocenters. The van der Waals surface area contributed by atoms with Gasteiger partial charge in [0.15, 0.2) is 5.78 Å². The van der Waals surface area contributed by atoms with Crippen LogP contribution >= 0.6 is 15.9 Å². The predicted octanol–water partition coefficient (Wildman–Crippen LogP) is 6.48. The fourth-order valence-electron chi connectivity index (χ4n) is 3.79. The maximum Gasteiger partial charge on any atom is 0.340 e. The minimum Gasteiger partial charge on any atom is -0.465 e. The van der Waals surface area contributed by atoms with E-state index >= 15 is 0 Å². The van der Waals surface area contributed by atoms with E-state index in [0.29, 0.717) is 34.5 Å². The Hall–Kier alpha value is -2.48. The molecule has 3 aromatic rings. The van der Waals surface area contributed by atoms with Gasteiger partial charge in [0.05, 0.1) is 22.8 Å². The lowest BCUT2D eigenvalue weighted by Crippen LogP contribution is -2.22. The lowest BCUT2D eigenvalue weighted by Gasteiger charge is -2.16. The molecule has 0 aliphatic rings. The molecule has 7 heteroatoms. The minimum atomic E-state index is -1.23. The average Bonchev–Trinajstić information content (AvgIpc) is 3.05. The van der Waals surface area contributed by atoms with Crippen molar-refractivity contribution in [1.29, 1.82) is 0 Å². The van der Waals surface area contributed by atoms with E-state index in [1.54, 1.807) is 0 Å². The molecular formula is C27H32BrNO4Si. The number of methoxy groups -OCH3 is 1. The summed E-state index contributed by atoms with van der Waals surface area (Å²) in [7, 11) is 0.102. The molecule has 0 fully saturated rings. The van der Waals surface area contributed by atoms with E-state index in [2.05, 4.69) is 35.6 Å². The number of ether oxygens (including phenoxy) is 2. The molecule has 34 heavy (non-hydrogen) atoms. The molecule has 0 saturated heterocycles. The second-order valence-electron chi connectivity index (χ2n) is 9.54. The molecule has 0 amide bonds. The van der Waals surface area contributed by atoms with E-state index in [1.165, 1.54) is 7.11 Å². The summed E-state index contributed by atoms with van der Waals surface area (Å²) in [5.41, 5.74) is 3.78. The fourth-order valence-corrected chi connectivity index (χ4v) is 5.30. The summed E-state index contributed by atoms with van der Waals surface area (Å²) >= 11 is 3.59. The van der Waals surface area contributed by atoms with Gasteiger partial charge in [0, 0.05) is 25.9 Å². The Morgan fingerprint density at radius 2 is 1.62 bits per heavy atom. The highest BCUT2D eigenvalue weighted by atomic mass is 79.9. The second-order valence-corrected chi connectivity index (χ2v) is 15.9. The maximum absolute atomic E-state index is 13.9. The van der Waals surface area contributed by atoms with Crippen LogP contribution in [0.4, 0.5) is 0 Å². The van der Waals surface area contributed by atoms with E-state index in [-0.39, 0.29) is 18.1 Å². The zero-order valence-corrected chi connectivity index (χ0v) is 23.1. The first-order valence-corrected chi connectivity index (χ1v) is 15.8. The van der Waals surface area contributed by atoms with E-state index < -0.39 is 14.0 Å². The molecule has 2 aromatic carbocycles. The highest BCUT2D eigenvalue weighted by Crippen LogP contribution is 2.32. The Labute approximate surface area is 211 Å².